The number of carbonyl (C=O) groups excluding carboxylic acids is 3. The van der Waals surface area contributed by atoms with Crippen molar-refractivity contribution in [1.29, 1.82) is 0 Å². The van der Waals surface area contributed by atoms with Crippen molar-refractivity contribution in [3.63, 3.8) is 0 Å². The van der Waals surface area contributed by atoms with E-state index >= 15 is 0 Å². The molecule has 6 nitrogen and oxygen atoms in total. The molecule has 2 amide bonds. The summed E-state index contributed by atoms with van der Waals surface area (Å²) in [6.45, 7) is 5.18. The summed E-state index contributed by atoms with van der Waals surface area (Å²) in [7, 11) is 0. The number of esters is 1. The molecule has 0 fully saturated rings. The number of thiophene rings is 1. The normalized spacial score (nSPS) is 11.7. The molecule has 2 N–H and O–H groups in total. The monoisotopic (exact) mass is 360 g/mol. The molecule has 7 heteroatoms. The van der Waals surface area contributed by atoms with Gasteiger partial charge in [-0.25, -0.2) is 4.79 Å². The van der Waals surface area contributed by atoms with E-state index < -0.39 is 12.1 Å². The van der Waals surface area contributed by atoms with E-state index in [1.54, 1.807) is 36.4 Å². The summed E-state index contributed by atoms with van der Waals surface area (Å²) in [6, 6.07) is 9.81. The lowest BCUT2D eigenvalue weighted by molar-refractivity contribution is -0.129. The average molecular weight is 360 g/mol. The number of hydrogen-bond donors (Lipinski definition) is 2. The van der Waals surface area contributed by atoms with Gasteiger partial charge in [-0.05, 0) is 56.5 Å². The van der Waals surface area contributed by atoms with Crippen LogP contribution in [0.25, 0.3) is 0 Å². The quantitative estimate of drug-likeness (QED) is 0.776. The van der Waals surface area contributed by atoms with E-state index in [2.05, 4.69) is 10.6 Å². The molecule has 132 valence electrons. The summed E-state index contributed by atoms with van der Waals surface area (Å²) in [6.07, 6.45) is -0.881. The van der Waals surface area contributed by atoms with E-state index in [0.29, 0.717) is 16.1 Å². The van der Waals surface area contributed by atoms with Crippen LogP contribution in [-0.2, 0) is 9.53 Å². The molecule has 0 bridgehead atoms. The van der Waals surface area contributed by atoms with Crippen LogP contribution in [0.1, 0.15) is 40.8 Å². The van der Waals surface area contributed by atoms with Gasteiger partial charge < -0.3 is 15.4 Å². The molecule has 1 atom stereocenters. The van der Waals surface area contributed by atoms with Crippen molar-refractivity contribution in [2.24, 2.45) is 0 Å². The fourth-order valence-corrected chi connectivity index (χ4v) is 2.59. The maximum absolute atomic E-state index is 12.1. The van der Waals surface area contributed by atoms with E-state index in [-0.39, 0.29) is 17.9 Å². The average Bonchev–Trinajstić information content (AvgIpc) is 3.09. The molecular formula is C18H20N2O4S. The first-order valence-corrected chi connectivity index (χ1v) is 8.71. The Morgan fingerprint density at radius 3 is 2.28 bits per heavy atom. The topological polar surface area (TPSA) is 84.5 Å². The fourth-order valence-electron chi connectivity index (χ4n) is 1.97. The molecule has 2 aromatic rings. The van der Waals surface area contributed by atoms with Gasteiger partial charge in [0.2, 0.25) is 0 Å². The Labute approximate surface area is 150 Å². The maximum Gasteiger partial charge on any atom is 0.338 e. The van der Waals surface area contributed by atoms with Gasteiger partial charge in [-0.3, -0.25) is 9.59 Å². The minimum absolute atomic E-state index is 0.0279. The predicted octanol–water partition coefficient (Wildman–Crippen LogP) is 3.07. The lowest BCUT2D eigenvalue weighted by Crippen LogP contribution is -2.39. The Balaban J connectivity index is 1.93. The highest BCUT2D eigenvalue weighted by Crippen LogP contribution is 2.15. The number of ether oxygens (including phenoxy) is 1. The van der Waals surface area contributed by atoms with E-state index in [4.69, 9.17) is 4.74 Å². The Hall–Kier alpha value is -2.67. The summed E-state index contributed by atoms with van der Waals surface area (Å²) >= 11 is 1.35. The SMILES string of the molecule is CC(C)NC(=O)[C@H](C)OC(=O)c1ccc(NC(=O)c2cccs2)cc1. The van der Waals surface area contributed by atoms with Crippen LogP contribution in [0, 0.1) is 0 Å². The van der Waals surface area contributed by atoms with E-state index in [0.717, 1.165) is 0 Å². The molecular weight excluding hydrogens is 340 g/mol. The molecule has 25 heavy (non-hydrogen) atoms. The van der Waals surface area contributed by atoms with Gasteiger partial charge in [0.25, 0.3) is 11.8 Å². The molecule has 0 saturated heterocycles. The van der Waals surface area contributed by atoms with Crippen molar-refractivity contribution in [3.8, 4) is 0 Å². The summed E-state index contributed by atoms with van der Waals surface area (Å²) in [4.78, 5) is 36.4. The van der Waals surface area contributed by atoms with Gasteiger partial charge in [0.15, 0.2) is 6.10 Å². The van der Waals surface area contributed by atoms with Crippen molar-refractivity contribution in [1.82, 2.24) is 5.32 Å². The van der Waals surface area contributed by atoms with E-state index in [1.165, 1.54) is 18.3 Å². The molecule has 1 heterocycles. The molecule has 0 aliphatic carbocycles. The number of rotatable bonds is 6. The van der Waals surface area contributed by atoms with Crippen molar-refractivity contribution < 1.29 is 19.1 Å². The highest BCUT2D eigenvalue weighted by atomic mass is 32.1. The van der Waals surface area contributed by atoms with Crippen LogP contribution in [0.2, 0.25) is 0 Å². The van der Waals surface area contributed by atoms with E-state index in [9.17, 15) is 14.4 Å². The molecule has 0 saturated carbocycles. The number of hydrogen-bond acceptors (Lipinski definition) is 5. The van der Waals surface area contributed by atoms with Gasteiger partial charge in [-0.2, -0.15) is 0 Å². The zero-order valence-corrected chi connectivity index (χ0v) is 15.1. The van der Waals surface area contributed by atoms with Crippen molar-refractivity contribution in [3.05, 3.63) is 52.2 Å². The summed E-state index contributed by atoms with van der Waals surface area (Å²) in [5.74, 6) is -1.14. The Morgan fingerprint density at radius 2 is 1.72 bits per heavy atom. The second-order valence-corrected chi connectivity index (χ2v) is 6.67. The molecule has 0 unspecified atom stereocenters. The first-order valence-electron chi connectivity index (χ1n) is 7.83. The second kappa shape index (κ2) is 8.43. The van der Waals surface area contributed by atoms with Gasteiger partial charge in [-0.1, -0.05) is 6.07 Å². The zero-order valence-electron chi connectivity index (χ0n) is 14.2. The molecule has 0 aliphatic heterocycles. The Kier molecular flexibility index (Phi) is 6.30. The first-order chi connectivity index (χ1) is 11.9. The molecule has 1 aromatic heterocycles. The highest BCUT2D eigenvalue weighted by molar-refractivity contribution is 7.12. The number of anilines is 1. The summed E-state index contributed by atoms with van der Waals surface area (Å²) in [5.41, 5.74) is 0.874. The maximum atomic E-state index is 12.1. The van der Waals surface area contributed by atoms with Gasteiger partial charge in [0.05, 0.1) is 10.4 Å². The standard InChI is InChI=1S/C18H20N2O4S/c1-11(2)19-16(21)12(3)24-18(23)13-6-8-14(9-7-13)20-17(22)15-5-4-10-25-15/h4-12H,1-3H3,(H,19,21)(H,20,22)/t12-/m0/s1. The third-order valence-electron chi connectivity index (χ3n) is 3.21. The third-order valence-corrected chi connectivity index (χ3v) is 4.08. The fraction of sp³-hybridized carbons (Fsp3) is 0.278. The van der Waals surface area contributed by atoms with E-state index in [1.807, 2.05) is 19.2 Å². The van der Waals surface area contributed by atoms with Crippen LogP contribution in [0.5, 0.6) is 0 Å². The van der Waals surface area contributed by atoms with Crippen LogP contribution >= 0.6 is 11.3 Å². The third kappa shape index (κ3) is 5.42. The highest BCUT2D eigenvalue weighted by Gasteiger charge is 2.19. The second-order valence-electron chi connectivity index (χ2n) is 5.72. The minimum atomic E-state index is -0.881. The largest absolute Gasteiger partial charge is 0.449 e. The predicted molar refractivity (Wildman–Crippen MR) is 96.9 cm³/mol. The van der Waals surface area contributed by atoms with Crippen molar-refractivity contribution in [2.75, 3.05) is 5.32 Å². The molecule has 0 aliphatic rings. The lowest BCUT2D eigenvalue weighted by Gasteiger charge is -2.15. The Morgan fingerprint density at radius 1 is 1.04 bits per heavy atom. The molecule has 0 spiro atoms. The van der Waals surface area contributed by atoms with Crippen molar-refractivity contribution in [2.45, 2.75) is 32.9 Å². The van der Waals surface area contributed by atoms with Crippen LogP contribution in [-0.4, -0.2) is 29.9 Å². The molecule has 2 rings (SSSR count). The number of carbonyl (C=O) groups is 3. The molecule has 1 aromatic carbocycles. The summed E-state index contributed by atoms with van der Waals surface area (Å²) in [5, 5.41) is 7.25. The summed E-state index contributed by atoms with van der Waals surface area (Å²) < 4.78 is 5.14. The van der Waals surface area contributed by atoms with Crippen LogP contribution in [0.3, 0.4) is 0 Å². The number of benzene rings is 1. The van der Waals surface area contributed by atoms with Crippen molar-refractivity contribution >= 4 is 34.8 Å². The lowest BCUT2D eigenvalue weighted by atomic mass is 10.2. The van der Waals surface area contributed by atoms with Gasteiger partial charge in [0, 0.05) is 11.7 Å². The first kappa shape index (κ1) is 18.7. The van der Waals surface area contributed by atoms with Gasteiger partial charge in [0.1, 0.15) is 0 Å². The zero-order chi connectivity index (χ0) is 18.4. The smallest absolute Gasteiger partial charge is 0.338 e. The van der Waals surface area contributed by atoms with Gasteiger partial charge >= 0.3 is 5.97 Å². The van der Waals surface area contributed by atoms with Crippen LogP contribution in [0.15, 0.2) is 41.8 Å². The van der Waals surface area contributed by atoms with Crippen LogP contribution < -0.4 is 10.6 Å². The van der Waals surface area contributed by atoms with Gasteiger partial charge in [-0.15, -0.1) is 11.3 Å². The number of amides is 2. The Bertz CT molecular complexity index is 739. The minimum Gasteiger partial charge on any atom is -0.449 e. The van der Waals surface area contributed by atoms with Crippen LogP contribution in [0.4, 0.5) is 5.69 Å². The molecule has 0 radical (unpaired) electrons. The number of nitrogens with one attached hydrogen (secondary N) is 2.